The quantitative estimate of drug-likeness (QED) is 0.745. The van der Waals surface area contributed by atoms with Gasteiger partial charge in [0.25, 0.3) is 0 Å². The molecule has 2 N–H and O–H groups in total. The lowest BCUT2D eigenvalue weighted by Gasteiger charge is -2.10. The number of hydrogen-bond donors (Lipinski definition) is 2. The highest BCUT2D eigenvalue weighted by Crippen LogP contribution is 2.21. The molecule has 8 heteroatoms. The fourth-order valence-electron chi connectivity index (χ4n) is 1.41. The third kappa shape index (κ3) is 5.27. The third-order valence-corrected chi connectivity index (χ3v) is 5.30. The van der Waals surface area contributed by atoms with Gasteiger partial charge in [0.05, 0.1) is 6.42 Å². The minimum Gasteiger partial charge on any atom is -0.481 e. The molecule has 1 rings (SSSR count). The summed E-state index contributed by atoms with van der Waals surface area (Å²) in [6.45, 7) is 2.62. The van der Waals surface area contributed by atoms with Crippen molar-refractivity contribution < 1.29 is 23.1 Å². The van der Waals surface area contributed by atoms with Crippen LogP contribution < -0.4 is 4.72 Å². The van der Waals surface area contributed by atoms with Gasteiger partial charge in [0.2, 0.25) is 10.0 Å². The predicted octanol–water partition coefficient (Wildman–Crippen LogP) is 0.936. The molecule has 0 bridgehead atoms. The van der Waals surface area contributed by atoms with Crippen LogP contribution in [0.1, 0.15) is 11.8 Å². The van der Waals surface area contributed by atoms with E-state index in [1.807, 2.05) is 6.92 Å². The Kier molecular flexibility index (Phi) is 5.92. The highest BCUT2D eigenvalue weighted by molar-refractivity contribution is 7.91. The minimum absolute atomic E-state index is 0.0678. The summed E-state index contributed by atoms with van der Waals surface area (Å²) < 4.78 is 31.4. The first-order valence-corrected chi connectivity index (χ1v) is 7.94. The van der Waals surface area contributed by atoms with Crippen molar-refractivity contribution in [2.24, 2.45) is 5.92 Å². The Balaban J connectivity index is 2.66. The van der Waals surface area contributed by atoms with Crippen molar-refractivity contribution in [3.8, 4) is 0 Å². The number of rotatable bonds is 8. The van der Waals surface area contributed by atoms with Gasteiger partial charge in [-0.15, -0.1) is 11.3 Å². The summed E-state index contributed by atoms with van der Waals surface area (Å²) >= 11 is 0.971. The van der Waals surface area contributed by atoms with Crippen molar-refractivity contribution >= 4 is 27.3 Å². The smallest absolute Gasteiger partial charge is 0.308 e. The average Bonchev–Trinajstić information content (AvgIpc) is 2.75. The Morgan fingerprint density at radius 2 is 2.21 bits per heavy atom. The number of carboxylic acid groups (broad SMARTS) is 1. The average molecular weight is 307 g/mol. The van der Waals surface area contributed by atoms with Crippen LogP contribution in [0, 0.1) is 5.92 Å². The first kappa shape index (κ1) is 16.1. The number of aliphatic carboxylic acids is 1. The molecule has 0 aliphatic heterocycles. The lowest BCUT2D eigenvalue weighted by Crippen LogP contribution is -2.29. The minimum atomic E-state index is -3.57. The van der Waals surface area contributed by atoms with Gasteiger partial charge in [0.1, 0.15) is 4.21 Å². The standard InChI is InChI=1S/C11H17NO5S2/c1-8(7-17-2)6-12-19(15,16)11-4-3-9(18-11)5-10(13)14/h3-4,8,12H,5-7H2,1-2H3,(H,13,14). The molecule has 0 aliphatic carbocycles. The van der Waals surface area contributed by atoms with E-state index in [9.17, 15) is 13.2 Å². The van der Waals surface area contributed by atoms with Crippen molar-refractivity contribution in [2.45, 2.75) is 17.6 Å². The van der Waals surface area contributed by atoms with Gasteiger partial charge in [0, 0.05) is 25.1 Å². The fourth-order valence-corrected chi connectivity index (χ4v) is 3.97. The van der Waals surface area contributed by atoms with Gasteiger partial charge in [-0.2, -0.15) is 0 Å². The molecule has 1 unspecified atom stereocenters. The summed E-state index contributed by atoms with van der Waals surface area (Å²) in [7, 11) is -2.01. The normalized spacial score (nSPS) is 13.4. The Labute approximate surface area is 116 Å². The molecule has 0 aromatic carbocycles. The van der Waals surface area contributed by atoms with Gasteiger partial charge in [-0.1, -0.05) is 6.92 Å². The van der Waals surface area contributed by atoms with Crippen molar-refractivity contribution in [1.82, 2.24) is 4.72 Å². The summed E-state index contributed by atoms with van der Waals surface area (Å²) in [5, 5.41) is 8.64. The zero-order valence-corrected chi connectivity index (χ0v) is 12.4. The highest BCUT2D eigenvalue weighted by Gasteiger charge is 2.18. The molecule has 0 fully saturated rings. The van der Waals surface area contributed by atoms with E-state index in [-0.39, 0.29) is 23.1 Å². The van der Waals surface area contributed by atoms with Crippen LogP contribution >= 0.6 is 11.3 Å². The van der Waals surface area contributed by atoms with Gasteiger partial charge in [-0.05, 0) is 18.1 Å². The van der Waals surface area contributed by atoms with E-state index in [4.69, 9.17) is 9.84 Å². The van der Waals surface area contributed by atoms with Gasteiger partial charge < -0.3 is 9.84 Å². The van der Waals surface area contributed by atoms with E-state index in [0.29, 0.717) is 11.5 Å². The molecule has 0 saturated heterocycles. The fraction of sp³-hybridized carbons (Fsp3) is 0.545. The maximum atomic E-state index is 12.0. The summed E-state index contributed by atoms with van der Waals surface area (Å²) in [5.74, 6) is -0.911. The SMILES string of the molecule is COCC(C)CNS(=O)(=O)c1ccc(CC(=O)O)s1. The molecule has 1 heterocycles. The Hall–Kier alpha value is -0.960. The van der Waals surface area contributed by atoms with E-state index in [1.165, 1.54) is 12.1 Å². The van der Waals surface area contributed by atoms with Gasteiger partial charge in [0.15, 0.2) is 0 Å². The molecule has 0 spiro atoms. The summed E-state index contributed by atoms with van der Waals surface area (Å²) in [6.07, 6.45) is -0.166. The molecule has 0 saturated carbocycles. The molecular formula is C11H17NO5S2. The van der Waals surface area contributed by atoms with Crippen LogP contribution in [0.15, 0.2) is 16.3 Å². The van der Waals surface area contributed by atoms with Crippen molar-refractivity contribution in [3.63, 3.8) is 0 Å². The molecule has 0 aliphatic rings. The largest absolute Gasteiger partial charge is 0.481 e. The second-order valence-corrected chi connectivity index (χ2v) is 7.37. The summed E-state index contributed by atoms with van der Waals surface area (Å²) in [4.78, 5) is 11.1. The Morgan fingerprint density at radius 3 is 2.79 bits per heavy atom. The van der Waals surface area contributed by atoms with Crippen LogP contribution in [0.4, 0.5) is 0 Å². The molecule has 1 aromatic rings. The Bertz CT molecular complexity index is 523. The second-order valence-electron chi connectivity index (χ2n) is 4.20. The van der Waals surface area contributed by atoms with Crippen LogP contribution in [0.2, 0.25) is 0 Å². The number of sulfonamides is 1. The van der Waals surface area contributed by atoms with Crippen LogP contribution in [-0.4, -0.2) is 39.8 Å². The van der Waals surface area contributed by atoms with Crippen LogP contribution in [0.5, 0.6) is 0 Å². The first-order chi connectivity index (χ1) is 8.85. The lowest BCUT2D eigenvalue weighted by atomic mass is 10.2. The molecule has 19 heavy (non-hydrogen) atoms. The zero-order chi connectivity index (χ0) is 14.5. The number of methoxy groups -OCH3 is 1. The summed E-state index contributed by atoms with van der Waals surface area (Å²) in [6, 6.07) is 2.94. The predicted molar refractivity (Wildman–Crippen MR) is 71.9 cm³/mol. The number of ether oxygens (including phenoxy) is 1. The van der Waals surface area contributed by atoms with E-state index in [2.05, 4.69) is 4.72 Å². The number of hydrogen-bond acceptors (Lipinski definition) is 5. The van der Waals surface area contributed by atoms with Gasteiger partial charge >= 0.3 is 5.97 Å². The first-order valence-electron chi connectivity index (χ1n) is 5.64. The maximum Gasteiger partial charge on any atom is 0.308 e. The topological polar surface area (TPSA) is 92.7 Å². The molecular weight excluding hydrogens is 290 g/mol. The molecule has 1 atom stereocenters. The summed E-state index contributed by atoms with van der Waals surface area (Å²) in [5.41, 5.74) is 0. The van der Waals surface area contributed by atoms with Crippen LogP contribution in [0.3, 0.4) is 0 Å². The van der Waals surface area contributed by atoms with Crippen LogP contribution in [0.25, 0.3) is 0 Å². The van der Waals surface area contributed by atoms with E-state index >= 15 is 0 Å². The van der Waals surface area contributed by atoms with E-state index in [1.54, 1.807) is 7.11 Å². The number of carboxylic acids is 1. The van der Waals surface area contributed by atoms with Crippen molar-refractivity contribution in [1.29, 1.82) is 0 Å². The monoisotopic (exact) mass is 307 g/mol. The Morgan fingerprint density at radius 1 is 1.53 bits per heavy atom. The molecule has 0 amide bonds. The second kappa shape index (κ2) is 6.99. The molecule has 0 radical (unpaired) electrons. The number of carbonyl (C=O) groups is 1. The van der Waals surface area contributed by atoms with Crippen LogP contribution in [-0.2, 0) is 26.0 Å². The maximum absolute atomic E-state index is 12.0. The van der Waals surface area contributed by atoms with Gasteiger partial charge in [-0.25, -0.2) is 13.1 Å². The molecule has 108 valence electrons. The van der Waals surface area contributed by atoms with Crippen molar-refractivity contribution in [2.75, 3.05) is 20.3 Å². The molecule has 1 aromatic heterocycles. The van der Waals surface area contributed by atoms with E-state index in [0.717, 1.165) is 11.3 Å². The molecule has 6 nitrogen and oxygen atoms in total. The lowest BCUT2D eigenvalue weighted by molar-refractivity contribution is -0.136. The number of thiophene rings is 1. The number of nitrogens with one attached hydrogen (secondary N) is 1. The zero-order valence-electron chi connectivity index (χ0n) is 10.8. The third-order valence-electron chi connectivity index (χ3n) is 2.30. The van der Waals surface area contributed by atoms with Gasteiger partial charge in [-0.3, -0.25) is 4.79 Å². The highest BCUT2D eigenvalue weighted by atomic mass is 32.2. The van der Waals surface area contributed by atoms with E-state index < -0.39 is 16.0 Å². The van der Waals surface area contributed by atoms with Crippen molar-refractivity contribution in [3.05, 3.63) is 17.0 Å².